The Balaban J connectivity index is 1.81. The second-order valence-electron chi connectivity index (χ2n) is 6.24. The number of aryl methyl sites for hydroxylation is 1. The van der Waals surface area contributed by atoms with Gasteiger partial charge in [-0.05, 0) is 18.2 Å². The van der Waals surface area contributed by atoms with Crippen LogP contribution < -0.4 is 0 Å². The number of rotatable bonds is 5. The van der Waals surface area contributed by atoms with Crippen LogP contribution in [0, 0.1) is 22.7 Å². The molecule has 6 heteroatoms. The Kier molecular flexibility index (Phi) is 4.69. The molecule has 0 fully saturated rings. The molecule has 0 aliphatic carbocycles. The summed E-state index contributed by atoms with van der Waals surface area (Å²) in [6.07, 6.45) is 4.02. The number of imidazole rings is 1. The lowest BCUT2D eigenvalue weighted by Crippen LogP contribution is -1.97. The SMILES string of the molecule is N#CCCn1cc(C=C(C#N)c2nc3ccccc3[nH]2)c(-c2ccccc2)n1. The Labute approximate surface area is 162 Å². The predicted octanol–water partition coefficient (Wildman–Crippen LogP) is 4.40. The lowest BCUT2D eigenvalue weighted by atomic mass is 10.1. The van der Waals surface area contributed by atoms with Crippen LogP contribution >= 0.6 is 0 Å². The highest BCUT2D eigenvalue weighted by Crippen LogP contribution is 2.26. The molecule has 134 valence electrons. The molecule has 2 heterocycles. The largest absolute Gasteiger partial charge is 0.337 e. The molecule has 0 amide bonds. The second-order valence-corrected chi connectivity index (χ2v) is 6.24. The fraction of sp³-hybridized carbons (Fsp3) is 0.0909. The van der Waals surface area contributed by atoms with E-state index in [-0.39, 0.29) is 0 Å². The Morgan fingerprint density at radius 2 is 1.86 bits per heavy atom. The third-order valence-corrected chi connectivity index (χ3v) is 4.35. The molecule has 0 aliphatic rings. The van der Waals surface area contributed by atoms with E-state index in [2.05, 4.69) is 27.2 Å². The molecule has 2 aromatic carbocycles. The summed E-state index contributed by atoms with van der Waals surface area (Å²) >= 11 is 0. The molecule has 0 spiro atoms. The minimum absolute atomic E-state index is 0.369. The van der Waals surface area contributed by atoms with Crippen LogP contribution in [0.2, 0.25) is 0 Å². The van der Waals surface area contributed by atoms with Crippen molar-refractivity contribution in [3.63, 3.8) is 0 Å². The van der Waals surface area contributed by atoms with Gasteiger partial charge in [0.1, 0.15) is 11.9 Å². The minimum Gasteiger partial charge on any atom is -0.337 e. The van der Waals surface area contributed by atoms with Crippen LogP contribution in [0.5, 0.6) is 0 Å². The van der Waals surface area contributed by atoms with Crippen LogP contribution in [-0.4, -0.2) is 19.7 Å². The van der Waals surface area contributed by atoms with Gasteiger partial charge in [-0.25, -0.2) is 4.98 Å². The van der Waals surface area contributed by atoms with Gasteiger partial charge in [0.15, 0.2) is 0 Å². The summed E-state index contributed by atoms with van der Waals surface area (Å²) in [7, 11) is 0. The quantitative estimate of drug-likeness (QED) is 0.531. The number of para-hydroxylation sites is 2. The van der Waals surface area contributed by atoms with Crippen molar-refractivity contribution in [1.82, 2.24) is 19.7 Å². The number of hydrogen-bond acceptors (Lipinski definition) is 4. The van der Waals surface area contributed by atoms with Crippen molar-refractivity contribution in [1.29, 1.82) is 10.5 Å². The van der Waals surface area contributed by atoms with E-state index < -0.39 is 0 Å². The average Bonchev–Trinajstić information content (AvgIpc) is 3.35. The van der Waals surface area contributed by atoms with Gasteiger partial charge in [0, 0.05) is 17.3 Å². The fourth-order valence-electron chi connectivity index (χ4n) is 3.03. The molecular formula is C22H16N6. The second kappa shape index (κ2) is 7.61. The van der Waals surface area contributed by atoms with E-state index in [0.717, 1.165) is 27.9 Å². The summed E-state index contributed by atoms with van der Waals surface area (Å²) in [6, 6.07) is 21.8. The molecule has 2 aromatic heterocycles. The van der Waals surface area contributed by atoms with Crippen molar-refractivity contribution in [3.8, 4) is 23.4 Å². The fourth-order valence-corrected chi connectivity index (χ4v) is 3.03. The van der Waals surface area contributed by atoms with Crippen LogP contribution in [0.1, 0.15) is 17.8 Å². The molecule has 0 unspecified atom stereocenters. The third kappa shape index (κ3) is 3.40. The lowest BCUT2D eigenvalue weighted by Gasteiger charge is -1.99. The molecule has 1 N–H and O–H groups in total. The van der Waals surface area contributed by atoms with Gasteiger partial charge >= 0.3 is 0 Å². The maximum Gasteiger partial charge on any atom is 0.149 e. The average molecular weight is 364 g/mol. The molecular weight excluding hydrogens is 348 g/mol. The van der Waals surface area contributed by atoms with E-state index in [1.54, 1.807) is 10.8 Å². The Morgan fingerprint density at radius 3 is 2.61 bits per heavy atom. The van der Waals surface area contributed by atoms with Gasteiger partial charge in [-0.15, -0.1) is 0 Å². The Hall–Kier alpha value is -4.16. The smallest absolute Gasteiger partial charge is 0.149 e. The molecule has 0 saturated heterocycles. The zero-order chi connectivity index (χ0) is 19.3. The van der Waals surface area contributed by atoms with Crippen molar-refractivity contribution >= 4 is 22.7 Å². The Morgan fingerprint density at radius 1 is 1.07 bits per heavy atom. The van der Waals surface area contributed by atoms with Gasteiger partial charge in [-0.2, -0.15) is 15.6 Å². The van der Waals surface area contributed by atoms with Crippen molar-refractivity contribution in [2.45, 2.75) is 13.0 Å². The maximum atomic E-state index is 9.73. The van der Waals surface area contributed by atoms with Crippen molar-refractivity contribution in [2.75, 3.05) is 0 Å². The Bertz CT molecular complexity index is 1200. The standard InChI is InChI=1S/C22H16N6/c23-11-6-12-28-15-18(21(27-28)16-7-2-1-3-8-16)13-17(14-24)22-25-19-9-4-5-10-20(19)26-22/h1-5,7-10,13,15H,6,12H2,(H,25,26). The molecule has 28 heavy (non-hydrogen) atoms. The zero-order valence-corrected chi connectivity index (χ0v) is 15.0. The first-order valence-electron chi connectivity index (χ1n) is 8.85. The number of aromatic nitrogens is 4. The molecule has 4 aromatic rings. The molecule has 0 saturated carbocycles. The van der Waals surface area contributed by atoms with E-state index in [1.807, 2.05) is 60.8 Å². The van der Waals surface area contributed by atoms with Crippen LogP contribution in [0.3, 0.4) is 0 Å². The van der Waals surface area contributed by atoms with Crippen molar-refractivity contribution < 1.29 is 0 Å². The van der Waals surface area contributed by atoms with E-state index >= 15 is 0 Å². The van der Waals surface area contributed by atoms with Crippen molar-refractivity contribution in [2.24, 2.45) is 0 Å². The minimum atomic E-state index is 0.369. The predicted molar refractivity (Wildman–Crippen MR) is 107 cm³/mol. The van der Waals surface area contributed by atoms with Crippen LogP contribution in [0.4, 0.5) is 0 Å². The van der Waals surface area contributed by atoms with Gasteiger partial charge in [-0.3, -0.25) is 4.68 Å². The first kappa shape index (κ1) is 17.3. The van der Waals surface area contributed by atoms with Gasteiger partial charge in [0.25, 0.3) is 0 Å². The summed E-state index contributed by atoms with van der Waals surface area (Å²) in [5.41, 5.74) is 4.64. The number of aromatic amines is 1. The number of H-pyrrole nitrogens is 1. The molecule has 0 bridgehead atoms. The molecule has 0 radical (unpaired) electrons. The van der Waals surface area contributed by atoms with Crippen LogP contribution in [0.15, 0.2) is 60.8 Å². The monoisotopic (exact) mass is 364 g/mol. The summed E-state index contributed by atoms with van der Waals surface area (Å²) < 4.78 is 1.74. The number of nitrogens with one attached hydrogen (secondary N) is 1. The van der Waals surface area contributed by atoms with E-state index in [9.17, 15) is 5.26 Å². The molecule has 0 aliphatic heterocycles. The number of hydrogen-bond donors (Lipinski definition) is 1. The van der Waals surface area contributed by atoms with Gasteiger partial charge in [0.05, 0.1) is 41.3 Å². The highest BCUT2D eigenvalue weighted by Gasteiger charge is 2.13. The molecule has 6 nitrogen and oxygen atoms in total. The summed E-state index contributed by atoms with van der Waals surface area (Å²) in [4.78, 5) is 7.72. The van der Waals surface area contributed by atoms with E-state index in [4.69, 9.17) is 5.26 Å². The lowest BCUT2D eigenvalue weighted by molar-refractivity contribution is 0.629. The van der Waals surface area contributed by atoms with Crippen LogP contribution in [0.25, 0.3) is 33.9 Å². The molecule has 4 rings (SSSR count). The number of benzene rings is 2. The van der Waals surface area contributed by atoms with Gasteiger partial charge in [0.2, 0.25) is 0 Å². The first-order valence-corrected chi connectivity index (χ1v) is 8.85. The topological polar surface area (TPSA) is 94.1 Å². The van der Waals surface area contributed by atoms with Gasteiger partial charge < -0.3 is 4.98 Å². The first-order chi connectivity index (χ1) is 13.8. The number of fused-ring (bicyclic) bond motifs is 1. The number of nitriles is 2. The van der Waals surface area contributed by atoms with Crippen LogP contribution in [-0.2, 0) is 6.54 Å². The summed E-state index contributed by atoms with van der Waals surface area (Å²) in [5, 5.41) is 23.2. The van der Waals surface area contributed by atoms with E-state index in [1.165, 1.54) is 0 Å². The molecule has 0 atom stereocenters. The van der Waals surface area contributed by atoms with Crippen molar-refractivity contribution in [3.05, 3.63) is 72.2 Å². The number of allylic oxidation sites excluding steroid dienone is 1. The van der Waals surface area contributed by atoms with E-state index in [0.29, 0.717) is 24.4 Å². The van der Waals surface area contributed by atoms with Gasteiger partial charge in [-0.1, -0.05) is 42.5 Å². The maximum absolute atomic E-state index is 9.73. The number of nitrogens with zero attached hydrogens (tertiary/aromatic N) is 5. The summed E-state index contributed by atoms with van der Waals surface area (Å²) in [6.45, 7) is 0.497. The third-order valence-electron chi connectivity index (χ3n) is 4.35. The highest BCUT2D eigenvalue weighted by atomic mass is 15.3. The highest BCUT2D eigenvalue weighted by molar-refractivity contribution is 5.92. The zero-order valence-electron chi connectivity index (χ0n) is 15.0. The summed E-state index contributed by atoms with van der Waals surface area (Å²) in [5.74, 6) is 0.521. The normalized spacial score (nSPS) is 11.3.